The van der Waals surface area contributed by atoms with Crippen LogP contribution in [0.3, 0.4) is 0 Å². The van der Waals surface area contributed by atoms with Crippen molar-refractivity contribution in [2.24, 2.45) is 0 Å². The molecule has 0 aliphatic rings. The summed E-state index contributed by atoms with van der Waals surface area (Å²) in [6.07, 6.45) is 0. The molecule has 0 atom stereocenters. The number of anilines is 1. The van der Waals surface area contributed by atoms with E-state index in [1.165, 1.54) is 0 Å². The Morgan fingerprint density at radius 3 is 2.32 bits per heavy atom. The number of benzene rings is 3. The second kappa shape index (κ2) is 8.05. The number of carbonyl (C=O) groups is 1. The Kier molecular flexibility index (Phi) is 5.58. The maximum atomic E-state index is 12.2. The van der Waals surface area contributed by atoms with E-state index in [-0.39, 0.29) is 11.0 Å². The lowest BCUT2D eigenvalue weighted by molar-refractivity contribution is 0.0977. The largest absolute Gasteiger partial charge is 0.332 e. The minimum absolute atomic E-state index is 0.252. The van der Waals surface area contributed by atoms with Crippen LogP contribution in [0.4, 0.5) is 5.69 Å². The van der Waals surface area contributed by atoms with Crippen LogP contribution < -0.4 is 10.6 Å². The van der Waals surface area contributed by atoms with Gasteiger partial charge in [-0.2, -0.15) is 0 Å². The first-order valence-corrected chi connectivity index (χ1v) is 8.85. The van der Waals surface area contributed by atoms with Crippen molar-refractivity contribution in [1.82, 2.24) is 5.32 Å². The number of nitrogens with one attached hydrogen (secondary N) is 2. The summed E-state index contributed by atoms with van der Waals surface area (Å²) >= 11 is 8.60. The van der Waals surface area contributed by atoms with Gasteiger partial charge in [0, 0.05) is 15.7 Å². The van der Waals surface area contributed by atoms with Crippen LogP contribution in [0, 0.1) is 0 Å². The zero-order chi connectivity index (χ0) is 17.6. The predicted molar refractivity (Wildman–Crippen MR) is 110 cm³/mol. The number of thiocarbonyl (C=S) groups is 1. The summed E-state index contributed by atoms with van der Waals surface area (Å²) in [7, 11) is 0. The molecular formula is C20H15BrN2OS. The summed E-state index contributed by atoms with van der Waals surface area (Å²) in [6, 6.07) is 25.1. The van der Waals surface area contributed by atoms with Crippen molar-refractivity contribution in [3.8, 4) is 11.1 Å². The molecule has 3 aromatic rings. The van der Waals surface area contributed by atoms with Crippen LogP contribution in [0.1, 0.15) is 10.4 Å². The molecule has 25 heavy (non-hydrogen) atoms. The lowest BCUT2D eigenvalue weighted by Crippen LogP contribution is -2.34. The highest BCUT2D eigenvalue weighted by Gasteiger charge is 2.08. The molecule has 3 nitrogen and oxygen atoms in total. The Hall–Kier alpha value is -2.50. The van der Waals surface area contributed by atoms with Crippen LogP contribution in [-0.2, 0) is 0 Å². The molecule has 0 bridgehead atoms. The third-order valence-electron chi connectivity index (χ3n) is 3.54. The standard InChI is InChI=1S/C20H15BrN2OS/c21-17-10-4-9-16(12-17)19(24)23-20(25)22-18-11-5-8-15(13-18)14-6-2-1-3-7-14/h1-13H,(H2,22,23,24,25). The molecule has 3 rings (SSSR count). The third-order valence-corrected chi connectivity index (χ3v) is 4.24. The minimum atomic E-state index is -0.252. The summed E-state index contributed by atoms with van der Waals surface area (Å²) in [5, 5.41) is 6.01. The number of rotatable bonds is 3. The van der Waals surface area contributed by atoms with E-state index >= 15 is 0 Å². The zero-order valence-electron chi connectivity index (χ0n) is 13.2. The zero-order valence-corrected chi connectivity index (χ0v) is 15.6. The van der Waals surface area contributed by atoms with Crippen LogP contribution >= 0.6 is 28.1 Å². The highest BCUT2D eigenvalue weighted by molar-refractivity contribution is 9.10. The number of hydrogen-bond donors (Lipinski definition) is 2. The van der Waals surface area contributed by atoms with Gasteiger partial charge in [-0.15, -0.1) is 0 Å². The fourth-order valence-electron chi connectivity index (χ4n) is 2.37. The Labute approximate surface area is 160 Å². The molecule has 0 spiro atoms. The summed E-state index contributed by atoms with van der Waals surface area (Å²) in [5.74, 6) is -0.252. The Morgan fingerprint density at radius 2 is 1.56 bits per heavy atom. The molecule has 0 aromatic heterocycles. The van der Waals surface area contributed by atoms with Gasteiger partial charge in [0.25, 0.3) is 5.91 Å². The van der Waals surface area contributed by atoms with E-state index in [0.29, 0.717) is 5.56 Å². The first-order chi connectivity index (χ1) is 12.1. The van der Waals surface area contributed by atoms with Crippen LogP contribution in [0.25, 0.3) is 11.1 Å². The van der Waals surface area contributed by atoms with Gasteiger partial charge in [0.2, 0.25) is 0 Å². The molecule has 0 unspecified atom stereocenters. The van der Waals surface area contributed by atoms with E-state index in [4.69, 9.17) is 12.2 Å². The fraction of sp³-hybridized carbons (Fsp3) is 0. The summed E-state index contributed by atoms with van der Waals surface area (Å²) in [4.78, 5) is 12.2. The van der Waals surface area contributed by atoms with Gasteiger partial charge in [-0.05, 0) is 53.7 Å². The SMILES string of the molecule is O=C(NC(=S)Nc1cccc(-c2ccccc2)c1)c1cccc(Br)c1. The lowest BCUT2D eigenvalue weighted by Gasteiger charge is -2.11. The smallest absolute Gasteiger partial charge is 0.257 e. The molecule has 0 saturated carbocycles. The van der Waals surface area contributed by atoms with Crippen LogP contribution in [0.15, 0.2) is 83.3 Å². The van der Waals surface area contributed by atoms with Crippen molar-refractivity contribution in [3.63, 3.8) is 0 Å². The van der Waals surface area contributed by atoms with Gasteiger partial charge in [-0.3, -0.25) is 10.1 Å². The first kappa shape index (κ1) is 17.3. The Bertz CT molecular complexity index is 912. The molecule has 3 aromatic carbocycles. The maximum absolute atomic E-state index is 12.2. The molecule has 0 aliphatic carbocycles. The van der Waals surface area contributed by atoms with Gasteiger partial charge in [-0.1, -0.05) is 64.5 Å². The Balaban J connectivity index is 1.68. The average molecular weight is 411 g/mol. The highest BCUT2D eigenvalue weighted by Crippen LogP contribution is 2.22. The topological polar surface area (TPSA) is 41.1 Å². The maximum Gasteiger partial charge on any atom is 0.257 e. The van der Waals surface area contributed by atoms with E-state index in [2.05, 4.69) is 26.6 Å². The summed E-state index contributed by atoms with van der Waals surface area (Å²) in [6.45, 7) is 0. The number of halogens is 1. The molecule has 1 amide bonds. The van der Waals surface area contributed by atoms with Crippen molar-refractivity contribution in [2.45, 2.75) is 0 Å². The molecule has 0 saturated heterocycles. The van der Waals surface area contributed by atoms with E-state index in [0.717, 1.165) is 21.3 Å². The third kappa shape index (κ3) is 4.75. The van der Waals surface area contributed by atoms with Gasteiger partial charge in [0.15, 0.2) is 5.11 Å². The van der Waals surface area contributed by atoms with Crippen molar-refractivity contribution < 1.29 is 4.79 Å². The number of hydrogen-bond acceptors (Lipinski definition) is 2. The van der Waals surface area contributed by atoms with Crippen molar-refractivity contribution in [3.05, 3.63) is 88.9 Å². The van der Waals surface area contributed by atoms with Gasteiger partial charge < -0.3 is 5.32 Å². The molecule has 0 radical (unpaired) electrons. The van der Waals surface area contributed by atoms with Gasteiger partial charge >= 0.3 is 0 Å². The van der Waals surface area contributed by atoms with Gasteiger partial charge in [0.05, 0.1) is 0 Å². The first-order valence-electron chi connectivity index (χ1n) is 7.65. The molecule has 124 valence electrons. The summed E-state index contributed by atoms with van der Waals surface area (Å²) in [5.41, 5.74) is 3.56. The van der Waals surface area contributed by atoms with Gasteiger partial charge in [-0.25, -0.2) is 0 Å². The quantitative estimate of drug-likeness (QED) is 0.579. The summed E-state index contributed by atoms with van der Waals surface area (Å²) < 4.78 is 0.842. The van der Waals surface area contributed by atoms with Crippen LogP contribution in [-0.4, -0.2) is 11.0 Å². The van der Waals surface area contributed by atoms with E-state index in [1.54, 1.807) is 18.2 Å². The van der Waals surface area contributed by atoms with Crippen molar-refractivity contribution in [1.29, 1.82) is 0 Å². The van der Waals surface area contributed by atoms with Crippen molar-refractivity contribution >= 4 is 44.9 Å². The van der Waals surface area contributed by atoms with E-state index in [9.17, 15) is 4.79 Å². The Morgan fingerprint density at radius 1 is 0.840 bits per heavy atom. The molecule has 0 heterocycles. The molecule has 2 N–H and O–H groups in total. The molecule has 0 aliphatic heterocycles. The van der Waals surface area contributed by atoms with Crippen molar-refractivity contribution in [2.75, 3.05) is 5.32 Å². The van der Waals surface area contributed by atoms with Gasteiger partial charge in [0.1, 0.15) is 0 Å². The minimum Gasteiger partial charge on any atom is -0.332 e. The van der Waals surface area contributed by atoms with E-state index in [1.807, 2.05) is 60.7 Å². The van der Waals surface area contributed by atoms with Crippen LogP contribution in [0.2, 0.25) is 0 Å². The lowest BCUT2D eigenvalue weighted by atomic mass is 10.1. The fourth-order valence-corrected chi connectivity index (χ4v) is 2.98. The van der Waals surface area contributed by atoms with Crippen LogP contribution in [0.5, 0.6) is 0 Å². The predicted octanol–water partition coefficient (Wildman–Crippen LogP) is 5.24. The normalized spacial score (nSPS) is 10.1. The van der Waals surface area contributed by atoms with E-state index < -0.39 is 0 Å². The molecule has 0 fully saturated rings. The average Bonchev–Trinajstić information content (AvgIpc) is 2.62. The second-order valence-corrected chi connectivity index (χ2v) is 6.69. The second-order valence-electron chi connectivity index (χ2n) is 5.37. The monoisotopic (exact) mass is 410 g/mol. The number of amides is 1. The molecular weight excluding hydrogens is 396 g/mol. The highest BCUT2D eigenvalue weighted by atomic mass is 79.9. The number of carbonyl (C=O) groups excluding carboxylic acids is 1. The molecule has 5 heteroatoms.